The summed E-state index contributed by atoms with van der Waals surface area (Å²) in [6.07, 6.45) is 5.57. The monoisotopic (exact) mass is 276 g/mol. The Morgan fingerprint density at radius 2 is 2.10 bits per heavy atom. The zero-order chi connectivity index (χ0) is 14.5. The van der Waals surface area contributed by atoms with Crippen molar-refractivity contribution in [1.29, 1.82) is 0 Å². The molecule has 2 N–H and O–H groups in total. The lowest BCUT2D eigenvalue weighted by molar-refractivity contribution is 0.346. The Kier molecular flexibility index (Phi) is 5.38. The Labute approximate surface area is 123 Å². The van der Waals surface area contributed by atoms with Crippen molar-refractivity contribution >= 4 is 5.82 Å². The SMILES string of the molecule is Cc1cc(CC(C)N)cnc1N(C)CCN1CCCC1. The maximum Gasteiger partial charge on any atom is 0.131 e. The van der Waals surface area contributed by atoms with E-state index in [-0.39, 0.29) is 6.04 Å². The number of rotatable bonds is 6. The smallest absolute Gasteiger partial charge is 0.131 e. The van der Waals surface area contributed by atoms with E-state index in [1.54, 1.807) is 0 Å². The fourth-order valence-electron chi connectivity index (χ4n) is 2.91. The van der Waals surface area contributed by atoms with Gasteiger partial charge in [0, 0.05) is 32.4 Å². The molecule has 4 nitrogen and oxygen atoms in total. The average molecular weight is 276 g/mol. The van der Waals surface area contributed by atoms with Crippen molar-refractivity contribution in [2.45, 2.75) is 39.2 Å². The molecule has 20 heavy (non-hydrogen) atoms. The van der Waals surface area contributed by atoms with Crippen LogP contribution in [-0.4, -0.2) is 49.2 Å². The van der Waals surface area contributed by atoms with E-state index in [2.05, 4.69) is 34.8 Å². The highest BCUT2D eigenvalue weighted by Gasteiger charge is 2.13. The topological polar surface area (TPSA) is 45.4 Å². The number of hydrogen-bond donors (Lipinski definition) is 1. The highest BCUT2D eigenvalue weighted by molar-refractivity contribution is 5.46. The molecule has 0 aromatic carbocycles. The van der Waals surface area contributed by atoms with Gasteiger partial charge in [0.1, 0.15) is 5.82 Å². The molecule has 0 saturated carbocycles. The molecule has 2 rings (SSSR count). The van der Waals surface area contributed by atoms with E-state index in [0.29, 0.717) is 0 Å². The summed E-state index contributed by atoms with van der Waals surface area (Å²) >= 11 is 0. The Morgan fingerprint density at radius 3 is 2.70 bits per heavy atom. The molecule has 0 bridgehead atoms. The minimum absolute atomic E-state index is 0.190. The molecular weight excluding hydrogens is 248 g/mol. The zero-order valence-electron chi connectivity index (χ0n) is 13.1. The van der Waals surface area contributed by atoms with Gasteiger partial charge in [-0.05, 0) is 57.3 Å². The molecule has 4 heteroatoms. The molecule has 1 aromatic heterocycles. The minimum Gasteiger partial charge on any atom is -0.358 e. The van der Waals surface area contributed by atoms with Gasteiger partial charge in [0.25, 0.3) is 0 Å². The third-order valence-corrected chi connectivity index (χ3v) is 3.98. The van der Waals surface area contributed by atoms with Crippen molar-refractivity contribution in [2.75, 3.05) is 38.1 Å². The summed E-state index contributed by atoms with van der Waals surface area (Å²) in [6, 6.07) is 2.41. The number of hydrogen-bond acceptors (Lipinski definition) is 4. The zero-order valence-corrected chi connectivity index (χ0v) is 13.1. The van der Waals surface area contributed by atoms with Gasteiger partial charge in [-0.25, -0.2) is 4.98 Å². The molecule has 1 atom stereocenters. The first-order chi connectivity index (χ1) is 9.56. The second kappa shape index (κ2) is 7.04. The molecule has 0 aliphatic carbocycles. The Morgan fingerprint density at radius 1 is 1.40 bits per heavy atom. The van der Waals surface area contributed by atoms with Gasteiger partial charge in [0.15, 0.2) is 0 Å². The van der Waals surface area contributed by atoms with Crippen molar-refractivity contribution in [3.05, 3.63) is 23.4 Å². The van der Waals surface area contributed by atoms with Crippen LogP contribution in [0, 0.1) is 6.92 Å². The van der Waals surface area contributed by atoms with Crippen LogP contribution in [-0.2, 0) is 6.42 Å². The van der Waals surface area contributed by atoms with Crippen molar-refractivity contribution in [2.24, 2.45) is 5.73 Å². The van der Waals surface area contributed by atoms with Gasteiger partial charge in [0.05, 0.1) is 0 Å². The molecule has 0 spiro atoms. The largest absolute Gasteiger partial charge is 0.358 e. The number of nitrogens with zero attached hydrogens (tertiary/aromatic N) is 3. The second-order valence-electron chi connectivity index (χ2n) is 6.14. The average Bonchev–Trinajstić information content (AvgIpc) is 2.88. The summed E-state index contributed by atoms with van der Waals surface area (Å²) in [7, 11) is 2.14. The summed E-state index contributed by atoms with van der Waals surface area (Å²) in [5, 5.41) is 0. The number of anilines is 1. The second-order valence-corrected chi connectivity index (χ2v) is 6.14. The van der Waals surface area contributed by atoms with Crippen molar-refractivity contribution < 1.29 is 0 Å². The van der Waals surface area contributed by atoms with E-state index in [1.165, 1.54) is 37.1 Å². The van der Waals surface area contributed by atoms with Crippen molar-refractivity contribution in [3.8, 4) is 0 Å². The standard InChI is InChI=1S/C16H28N4/c1-13-10-15(11-14(2)17)12-18-16(13)19(3)8-9-20-6-4-5-7-20/h10,12,14H,4-9,11,17H2,1-3H3. The molecule has 2 heterocycles. The molecule has 1 aromatic rings. The number of likely N-dealkylation sites (N-methyl/N-ethyl adjacent to an activating group) is 1. The maximum absolute atomic E-state index is 5.85. The van der Waals surface area contributed by atoms with Crippen LogP contribution in [0.5, 0.6) is 0 Å². The minimum atomic E-state index is 0.190. The van der Waals surface area contributed by atoms with Crippen molar-refractivity contribution in [1.82, 2.24) is 9.88 Å². The number of nitrogens with two attached hydrogens (primary N) is 1. The van der Waals surface area contributed by atoms with Gasteiger partial charge < -0.3 is 15.5 Å². The highest BCUT2D eigenvalue weighted by atomic mass is 15.2. The first-order valence-corrected chi connectivity index (χ1v) is 7.71. The van der Waals surface area contributed by atoms with Crippen LogP contribution < -0.4 is 10.6 Å². The lowest BCUT2D eigenvalue weighted by atomic mass is 10.1. The van der Waals surface area contributed by atoms with Crippen LogP contribution >= 0.6 is 0 Å². The quantitative estimate of drug-likeness (QED) is 0.861. The first-order valence-electron chi connectivity index (χ1n) is 7.71. The summed E-state index contributed by atoms with van der Waals surface area (Å²) in [5.74, 6) is 1.10. The van der Waals surface area contributed by atoms with E-state index < -0.39 is 0 Å². The molecule has 1 unspecified atom stereocenters. The van der Waals surface area contributed by atoms with E-state index in [9.17, 15) is 0 Å². The molecule has 0 radical (unpaired) electrons. The van der Waals surface area contributed by atoms with Gasteiger partial charge in [-0.2, -0.15) is 0 Å². The molecule has 1 fully saturated rings. The molecule has 1 aliphatic heterocycles. The van der Waals surface area contributed by atoms with Gasteiger partial charge in [-0.15, -0.1) is 0 Å². The first kappa shape index (κ1) is 15.3. The van der Waals surface area contributed by atoms with Crippen LogP contribution in [0.1, 0.15) is 30.9 Å². The molecule has 1 aliphatic rings. The summed E-state index contributed by atoms with van der Waals surface area (Å²) in [6.45, 7) is 8.87. The molecule has 0 amide bonds. The van der Waals surface area contributed by atoms with Crippen LogP contribution in [0.2, 0.25) is 0 Å². The molecule has 1 saturated heterocycles. The maximum atomic E-state index is 5.85. The van der Waals surface area contributed by atoms with E-state index in [1.807, 2.05) is 13.1 Å². The predicted octanol–water partition coefficient (Wildman–Crippen LogP) is 1.81. The van der Waals surface area contributed by atoms with Gasteiger partial charge in [-0.3, -0.25) is 0 Å². The van der Waals surface area contributed by atoms with E-state index >= 15 is 0 Å². The summed E-state index contributed by atoms with van der Waals surface area (Å²) < 4.78 is 0. The number of likely N-dealkylation sites (tertiary alicyclic amines) is 1. The third kappa shape index (κ3) is 4.18. The predicted molar refractivity (Wildman–Crippen MR) is 85.3 cm³/mol. The molecular formula is C16H28N4. The van der Waals surface area contributed by atoms with Gasteiger partial charge in [-0.1, -0.05) is 6.07 Å². The van der Waals surface area contributed by atoms with Crippen LogP contribution in [0.3, 0.4) is 0 Å². The van der Waals surface area contributed by atoms with Gasteiger partial charge in [0.2, 0.25) is 0 Å². The van der Waals surface area contributed by atoms with Gasteiger partial charge >= 0.3 is 0 Å². The summed E-state index contributed by atoms with van der Waals surface area (Å²) in [4.78, 5) is 9.43. The fraction of sp³-hybridized carbons (Fsp3) is 0.688. The molecule has 112 valence electrons. The fourth-order valence-corrected chi connectivity index (χ4v) is 2.91. The number of aromatic nitrogens is 1. The van der Waals surface area contributed by atoms with Crippen LogP contribution in [0.25, 0.3) is 0 Å². The summed E-state index contributed by atoms with van der Waals surface area (Å²) in [5.41, 5.74) is 8.32. The Hall–Kier alpha value is -1.13. The van der Waals surface area contributed by atoms with Crippen molar-refractivity contribution in [3.63, 3.8) is 0 Å². The Balaban J connectivity index is 1.93. The Bertz CT molecular complexity index is 424. The highest BCUT2D eigenvalue weighted by Crippen LogP contribution is 2.17. The lowest BCUT2D eigenvalue weighted by Gasteiger charge is -2.24. The number of pyridine rings is 1. The lowest BCUT2D eigenvalue weighted by Crippen LogP contribution is -2.32. The van der Waals surface area contributed by atoms with Crippen LogP contribution in [0.4, 0.5) is 5.82 Å². The van der Waals surface area contributed by atoms with E-state index in [0.717, 1.165) is 25.3 Å². The number of aryl methyl sites for hydroxylation is 1. The normalized spacial score (nSPS) is 17.4. The van der Waals surface area contributed by atoms with E-state index in [4.69, 9.17) is 5.73 Å². The third-order valence-electron chi connectivity index (χ3n) is 3.98. The van der Waals surface area contributed by atoms with Crippen LogP contribution in [0.15, 0.2) is 12.3 Å².